The average molecular weight is 211 g/mol. The molecule has 4 nitrogen and oxygen atoms in total. The molecule has 0 aliphatic rings. The van der Waals surface area contributed by atoms with Crippen LogP contribution in [-0.2, 0) is 6.42 Å². The largest absolute Gasteiger partial charge is 0.365 e. The summed E-state index contributed by atoms with van der Waals surface area (Å²) in [6, 6.07) is 1.93. The van der Waals surface area contributed by atoms with E-state index < -0.39 is 0 Å². The van der Waals surface area contributed by atoms with E-state index >= 15 is 0 Å². The van der Waals surface area contributed by atoms with Crippen LogP contribution in [0.15, 0.2) is 16.9 Å². The second-order valence-electron chi connectivity index (χ2n) is 3.98. The quantitative estimate of drug-likeness (QED) is 0.676. The minimum absolute atomic E-state index is 0.970. The van der Waals surface area contributed by atoms with Gasteiger partial charge in [0.25, 0.3) is 0 Å². The fourth-order valence-electron chi connectivity index (χ4n) is 1.41. The van der Waals surface area contributed by atoms with Crippen molar-refractivity contribution in [2.45, 2.75) is 13.3 Å². The molecule has 0 amide bonds. The lowest BCUT2D eigenvalue weighted by atomic mass is 10.3. The minimum atomic E-state index is 0.970. The number of rotatable bonds is 7. The van der Waals surface area contributed by atoms with Gasteiger partial charge in [-0.05, 0) is 20.6 Å². The number of hydrogen-bond acceptors (Lipinski definition) is 4. The van der Waals surface area contributed by atoms with Crippen molar-refractivity contribution in [1.82, 2.24) is 15.0 Å². The third-order valence-electron chi connectivity index (χ3n) is 2.49. The molecule has 0 aromatic carbocycles. The fraction of sp³-hybridized carbons (Fsp3) is 0.727. The first kappa shape index (κ1) is 12.2. The van der Waals surface area contributed by atoms with Crippen LogP contribution in [0.4, 0.5) is 0 Å². The van der Waals surface area contributed by atoms with E-state index in [9.17, 15) is 0 Å². The van der Waals surface area contributed by atoms with E-state index in [1.54, 1.807) is 6.26 Å². The first-order valence-corrected chi connectivity index (χ1v) is 5.48. The summed E-state index contributed by atoms with van der Waals surface area (Å²) in [4.78, 5) is 4.63. The molecule has 0 aliphatic carbocycles. The van der Waals surface area contributed by atoms with Gasteiger partial charge in [0.1, 0.15) is 6.26 Å². The molecule has 1 aromatic rings. The van der Waals surface area contributed by atoms with Crippen LogP contribution in [0.3, 0.4) is 0 Å². The van der Waals surface area contributed by atoms with Crippen molar-refractivity contribution in [2.24, 2.45) is 0 Å². The van der Waals surface area contributed by atoms with Crippen LogP contribution in [0.5, 0.6) is 0 Å². The lowest BCUT2D eigenvalue weighted by Crippen LogP contribution is -2.33. The molecule has 0 unspecified atom stereocenters. The van der Waals surface area contributed by atoms with Gasteiger partial charge in [-0.3, -0.25) is 0 Å². The summed E-state index contributed by atoms with van der Waals surface area (Å²) in [5.74, 6) is 0. The highest BCUT2D eigenvalue weighted by Gasteiger charge is 2.04. The summed E-state index contributed by atoms with van der Waals surface area (Å²) in [7, 11) is 4.21. The Labute approximate surface area is 91.8 Å². The van der Waals surface area contributed by atoms with Crippen LogP contribution in [-0.4, -0.2) is 55.2 Å². The lowest BCUT2D eigenvalue weighted by Gasteiger charge is -2.21. The predicted molar refractivity (Wildman–Crippen MR) is 60.9 cm³/mol. The summed E-state index contributed by atoms with van der Waals surface area (Å²) < 4.78 is 4.80. The topological polar surface area (TPSA) is 32.5 Å². The van der Waals surface area contributed by atoms with E-state index in [1.165, 1.54) is 0 Å². The smallest absolute Gasteiger partial charge is 0.124 e. The van der Waals surface area contributed by atoms with Gasteiger partial charge in [0.2, 0.25) is 0 Å². The summed E-state index contributed by atoms with van der Waals surface area (Å²) in [6.07, 6.45) is 2.60. The molecule has 0 saturated heterocycles. The van der Waals surface area contributed by atoms with E-state index in [2.05, 4.69) is 36.0 Å². The van der Waals surface area contributed by atoms with E-state index in [4.69, 9.17) is 4.52 Å². The van der Waals surface area contributed by atoms with Gasteiger partial charge in [-0.25, -0.2) is 0 Å². The van der Waals surface area contributed by atoms with Crippen molar-refractivity contribution in [3.8, 4) is 0 Å². The second-order valence-corrected chi connectivity index (χ2v) is 3.98. The van der Waals surface area contributed by atoms with Crippen molar-refractivity contribution < 1.29 is 4.52 Å². The van der Waals surface area contributed by atoms with Gasteiger partial charge in [-0.1, -0.05) is 12.1 Å². The van der Waals surface area contributed by atoms with E-state index in [-0.39, 0.29) is 0 Å². The summed E-state index contributed by atoms with van der Waals surface area (Å²) in [5.41, 5.74) is 1.04. The first-order chi connectivity index (χ1) is 7.22. The SMILES string of the molecule is CCN(CCc1ccon1)CCN(C)C. The van der Waals surface area contributed by atoms with E-state index in [0.717, 1.165) is 38.3 Å². The molecule has 0 N–H and O–H groups in total. The van der Waals surface area contributed by atoms with Gasteiger partial charge in [0.15, 0.2) is 0 Å². The highest BCUT2D eigenvalue weighted by molar-refractivity contribution is 4.95. The van der Waals surface area contributed by atoms with Gasteiger partial charge < -0.3 is 14.3 Å². The van der Waals surface area contributed by atoms with E-state index in [0.29, 0.717) is 0 Å². The summed E-state index contributed by atoms with van der Waals surface area (Å²) >= 11 is 0. The summed E-state index contributed by atoms with van der Waals surface area (Å²) in [6.45, 7) is 6.55. The maximum absolute atomic E-state index is 4.80. The maximum Gasteiger partial charge on any atom is 0.124 e. The molecule has 4 heteroatoms. The van der Waals surface area contributed by atoms with Crippen molar-refractivity contribution >= 4 is 0 Å². The highest BCUT2D eigenvalue weighted by atomic mass is 16.5. The van der Waals surface area contributed by atoms with Crippen LogP contribution in [0.25, 0.3) is 0 Å². The number of hydrogen-bond donors (Lipinski definition) is 0. The highest BCUT2D eigenvalue weighted by Crippen LogP contribution is 1.98. The Morgan fingerprint density at radius 3 is 2.60 bits per heavy atom. The van der Waals surface area contributed by atoms with Gasteiger partial charge in [0.05, 0.1) is 5.69 Å². The first-order valence-electron chi connectivity index (χ1n) is 5.48. The Morgan fingerprint density at radius 2 is 2.07 bits per heavy atom. The van der Waals surface area contributed by atoms with Gasteiger partial charge in [-0.2, -0.15) is 0 Å². The molecular formula is C11H21N3O. The Kier molecular flexibility index (Phi) is 5.36. The van der Waals surface area contributed by atoms with E-state index in [1.807, 2.05) is 6.07 Å². The molecule has 0 radical (unpaired) electrons. The van der Waals surface area contributed by atoms with Crippen molar-refractivity contribution in [3.63, 3.8) is 0 Å². The molecule has 0 aliphatic heterocycles. The molecule has 0 atom stereocenters. The zero-order chi connectivity index (χ0) is 11.1. The van der Waals surface area contributed by atoms with Crippen LogP contribution in [0.2, 0.25) is 0 Å². The molecule has 0 spiro atoms. The molecular weight excluding hydrogens is 190 g/mol. The molecule has 0 saturated carbocycles. The van der Waals surface area contributed by atoms with Crippen LogP contribution >= 0.6 is 0 Å². The van der Waals surface area contributed by atoms with Gasteiger partial charge in [-0.15, -0.1) is 0 Å². The zero-order valence-corrected chi connectivity index (χ0v) is 9.94. The molecule has 15 heavy (non-hydrogen) atoms. The Morgan fingerprint density at radius 1 is 1.27 bits per heavy atom. The Hall–Kier alpha value is -0.870. The lowest BCUT2D eigenvalue weighted by molar-refractivity contribution is 0.251. The number of nitrogens with zero attached hydrogens (tertiary/aromatic N) is 3. The van der Waals surface area contributed by atoms with Gasteiger partial charge in [0, 0.05) is 32.1 Å². The minimum Gasteiger partial charge on any atom is -0.365 e. The third-order valence-corrected chi connectivity index (χ3v) is 2.49. The van der Waals surface area contributed by atoms with Crippen LogP contribution in [0.1, 0.15) is 12.6 Å². The standard InChI is InChI=1S/C11H21N3O/c1-4-14(9-8-13(2)3)7-5-11-6-10-15-12-11/h6,10H,4-5,7-9H2,1-3H3. The molecule has 1 aromatic heterocycles. The van der Waals surface area contributed by atoms with Gasteiger partial charge >= 0.3 is 0 Å². The fourth-order valence-corrected chi connectivity index (χ4v) is 1.41. The number of likely N-dealkylation sites (N-methyl/N-ethyl adjacent to an activating group) is 2. The molecule has 0 fully saturated rings. The molecule has 1 heterocycles. The predicted octanol–water partition coefficient (Wildman–Crippen LogP) is 1.10. The molecule has 86 valence electrons. The molecule has 0 bridgehead atoms. The number of aromatic nitrogens is 1. The Balaban J connectivity index is 2.22. The maximum atomic E-state index is 4.80. The normalized spacial score (nSPS) is 11.5. The van der Waals surface area contributed by atoms with Crippen LogP contribution in [0, 0.1) is 0 Å². The monoisotopic (exact) mass is 211 g/mol. The Bertz CT molecular complexity index is 246. The zero-order valence-electron chi connectivity index (χ0n) is 9.94. The van der Waals surface area contributed by atoms with Crippen molar-refractivity contribution in [3.05, 3.63) is 18.0 Å². The average Bonchev–Trinajstić information content (AvgIpc) is 2.70. The van der Waals surface area contributed by atoms with Crippen molar-refractivity contribution in [2.75, 3.05) is 40.3 Å². The van der Waals surface area contributed by atoms with Crippen LogP contribution < -0.4 is 0 Å². The second kappa shape index (κ2) is 6.58. The summed E-state index contributed by atoms with van der Waals surface area (Å²) in [5, 5.41) is 3.91. The molecule has 1 rings (SSSR count). The third kappa shape index (κ3) is 4.95. The van der Waals surface area contributed by atoms with Crippen molar-refractivity contribution in [1.29, 1.82) is 0 Å².